The first-order valence-electron chi connectivity index (χ1n) is 12.0. The minimum atomic E-state index is -4.16. The molecular weight excluding hydrogens is 395 g/mol. The molecule has 0 aromatic carbocycles. The maximum Gasteiger partial charge on any atom is 1.00 e. The number of hydrogen-bond acceptors (Lipinski definition) is 4. The summed E-state index contributed by atoms with van der Waals surface area (Å²) >= 11 is 0. The molecule has 6 heteroatoms. The molecule has 0 radical (unpaired) electrons. The summed E-state index contributed by atoms with van der Waals surface area (Å²) in [5.74, 6) is 0. The van der Waals surface area contributed by atoms with E-state index in [1.807, 2.05) is 6.92 Å². The summed E-state index contributed by atoms with van der Waals surface area (Å²) in [4.78, 5) is 0. The number of rotatable bonds is 21. The van der Waals surface area contributed by atoms with E-state index in [0.29, 0.717) is 12.8 Å². The van der Waals surface area contributed by atoms with E-state index in [2.05, 4.69) is 6.92 Å². The zero-order valence-electron chi connectivity index (χ0n) is 19.7. The van der Waals surface area contributed by atoms with Crippen molar-refractivity contribution < 1.29 is 47.6 Å². The largest absolute Gasteiger partial charge is 1.00 e. The van der Waals surface area contributed by atoms with Gasteiger partial charge in [0.25, 0.3) is 0 Å². The molecule has 0 aromatic rings. The van der Waals surface area contributed by atoms with Crippen LogP contribution in [-0.4, -0.2) is 29.4 Å². The third-order valence-electron chi connectivity index (χ3n) is 5.74. The monoisotopic (exact) mass is 442 g/mol. The van der Waals surface area contributed by atoms with Gasteiger partial charge >= 0.3 is 29.6 Å². The molecule has 2 unspecified atom stereocenters. The van der Waals surface area contributed by atoms with Gasteiger partial charge in [-0.1, -0.05) is 110 Å². The van der Waals surface area contributed by atoms with Crippen LogP contribution in [0, 0.1) is 0 Å². The van der Waals surface area contributed by atoms with Crippen LogP contribution >= 0.6 is 0 Å². The van der Waals surface area contributed by atoms with Crippen molar-refractivity contribution in [2.75, 3.05) is 0 Å². The third kappa shape index (κ3) is 21.9. The zero-order valence-corrected chi connectivity index (χ0v) is 22.5. The molecule has 0 bridgehead atoms. The van der Waals surface area contributed by atoms with Gasteiger partial charge in [0.2, 0.25) is 0 Å². The minimum absolute atomic E-state index is 0. The van der Waals surface area contributed by atoms with Crippen molar-refractivity contribution in [1.29, 1.82) is 0 Å². The van der Waals surface area contributed by atoms with Crippen LogP contribution in [0.1, 0.15) is 136 Å². The number of unbranched alkanes of at least 4 members (excludes halogenated alkanes) is 12. The van der Waals surface area contributed by atoms with E-state index in [1.54, 1.807) is 0 Å². The molecule has 1 N–H and O–H groups in total. The summed E-state index contributed by atoms with van der Waals surface area (Å²) in [6, 6.07) is 0. The molecule has 0 fully saturated rings. The fourth-order valence-corrected chi connectivity index (χ4v) is 4.72. The summed E-state index contributed by atoms with van der Waals surface area (Å²) < 4.78 is 33.8. The molecule has 4 nitrogen and oxygen atoms in total. The molecule has 170 valence electrons. The fraction of sp³-hybridized carbons (Fsp3) is 1.00. The predicted octanol–water partition coefficient (Wildman–Crippen LogP) is 3.72. The van der Waals surface area contributed by atoms with Crippen molar-refractivity contribution in [3.05, 3.63) is 0 Å². The molecule has 0 saturated heterocycles. The van der Waals surface area contributed by atoms with Gasteiger partial charge in [-0.25, -0.2) is 8.42 Å². The Hall–Kier alpha value is 0.870. The first-order valence-corrected chi connectivity index (χ1v) is 13.5. The normalized spacial score (nSPS) is 13.8. The van der Waals surface area contributed by atoms with Crippen LogP contribution in [0.3, 0.4) is 0 Å². The summed E-state index contributed by atoms with van der Waals surface area (Å²) in [5.41, 5.74) is 0. The topological polar surface area (TPSA) is 77.4 Å². The molecule has 0 rings (SSSR count). The van der Waals surface area contributed by atoms with Gasteiger partial charge in [0.1, 0.15) is 0 Å². The smallest absolute Gasteiger partial charge is 0.748 e. The van der Waals surface area contributed by atoms with E-state index < -0.39 is 15.4 Å². The molecule has 0 aromatic heterocycles. The fourth-order valence-electron chi connectivity index (χ4n) is 3.81. The third-order valence-corrected chi connectivity index (χ3v) is 7.03. The molecule has 0 aliphatic carbocycles. The predicted molar refractivity (Wildman–Crippen MR) is 119 cm³/mol. The Morgan fingerprint density at radius 3 is 1.38 bits per heavy atom. The van der Waals surface area contributed by atoms with E-state index in [9.17, 15) is 18.1 Å². The maximum atomic E-state index is 11.3. The molecule has 0 heterocycles. The van der Waals surface area contributed by atoms with E-state index >= 15 is 0 Å². The first-order chi connectivity index (χ1) is 13.4. The average Bonchev–Trinajstić information content (AvgIpc) is 2.64. The van der Waals surface area contributed by atoms with Crippen molar-refractivity contribution in [3.63, 3.8) is 0 Å². The molecule has 0 spiro atoms. The number of aliphatic hydroxyl groups is 1. The van der Waals surface area contributed by atoms with Crippen LogP contribution in [0.4, 0.5) is 0 Å². The molecular formula is C23H47NaO4S. The van der Waals surface area contributed by atoms with Gasteiger partial charge in [0.05, 0.1) is 16.2 Å². The van der Waals surface area contributed by atoms with Crippen molar-refractivity contribution in [3.8, 4) is 0 Å². The van der Waals surface area contributed by atoms with Crippen LogP contribution in [-0.2, 0) is 10.1 Å². The molecule has 0 saturated carbocycles. The van der Waals surface area contributed by atoms with E-state index in [-0.39, 0.29) is 35.7 Å². The second-order valence-corrected chi connectivity index (χ2v) is 10.2. The SMILES string of the molecule is CCCCCCCCCCCC(O)CCCCCCC(CCCC)S(=O)(=O)[O-].[Na+]. The Morgan fingerprint density at radius 1 is 0.621 bits per heavy atom. The zero-order chi connectivity index (χ0) is 21.1. The summed E-state index contributed by atoms with van der Waals surface area (Å²) in [6.45, 7) is 4.26. The van der Waals surface area contributed by atoms with Crippen molar-refractivity contribution in [2.24, 2.45) is 0 Å². The Labute approximate surface area is 204 Å². The number of aliphatic hydroxyl groups excluding tert-OH is 1. The van der Waals surface area contributed by atoms with Crippen LogP contribution in [0.5, 0.6) is 0 Å². The van der Waals surface area contributed by atoms with Gasteiger partial charge in [-0.05, 0) is 25.7 Å². The van der Waals surface area contributed by atoms with Crippen LogP contribution < -0.4 is 29.6 Å². The second kappa shape index (κ2) is 22.1. The van der Waals surface area contributed by atoms with Crippen molar-refractivity contribution in [2.45, 2.75) is 147 Å². The van der Waals surface area contributed by atoms with E-state index in [1.165, 1.54) is 51.4 Å². The second-order valence-electron chi connectivity index (χ2n) is 8.52. The van der Waals surface area contributed by atoms with E-state index in [4.69, 9.17) is 0 Å². The summed E-state index contributed by atoms with van der Waals surface area (Å²) in [7, 11) is -4.16. The molecule has 0 amide bonds. The van der Waals surface area contributed by atoms with Gasteiger partial charge in [0, 0.05) is 5.25 Å². The Balaban J connectivity index is 0. The summed E-state index contributed by atoms with van der Waals surface area (Å²) in [5, 5.41) is 9.37. The van der Waals surface area contributed by atoms with Gasteiger partial charge in [0.15, 0.2) is 0 Å². The van der Waals surface area contributed by atoms with Crippen molar-refractivity contribution >= 4 is 10.1 Å². The maximum absolute atomic E-state index is 11.3. The Bertz CT molecular complexity index is 429. The number of hydrogen-bond donors (Lipinski definition) is 1. The Morgan fingerprint density at radius 2 is 0.966 bits per heavy atom. The quantitative estimate of drug-likeness (QED) is 0.167. The van der Waals surface area contributed by atoms with Crippen LogP contribution in [0.25, 0.3) is 0 Å². The van der Waals surface area contributed by atoms with Gasteiger partial charge in [-0.15, -0.1) is 0 Å². The van der Waals surface area contributed by atoms with Gasteiger partial charge in [-0.3, -0.25) is 0 Å². The van der Waals surface area contributed by atoms with Crippen molar-refractivity contribution in [1.82, 2.24) is 0 Å². The van der Waals surface area contributed by atoms with Crippen LogP contribution in [0.15, 0.2) is 0 Å². The molecule has 0 aliphatic heterocycles. The first kappa shape index (κ1) is 32.1. The summed E-state index contributed by atoms with van der Waals surface area (Å²) in [6.07, 6.45) is 19.8. The van der Waals surface area contributed by atoms with Crippen LogP contribution in [0.2, 0.25) is 0 Å². The molecule has 2 atom stereocenters. The Kier molecular flexibility index (Phi) is 24.4. The average molecular weight is 443 g/mol. The van der Waals surface area contributed by atoms with Gasteiger partial charge in [-0.2, -0.15) is 0 Å². The van der Waals surface area contributed by atoms with E-state index in [0.717, 1.165) is 57.8 Å². The molecule has 0 aliphatic rings. The van der Waals surface area contributed by atoms with Gasteiger partial charge < -0.3 is 9.66 Å². The standard InChI is InChI=1S/C23H48O4S.Na/c1-3-5-7-8-9-10-11-12-15-18-22(24)19-16-13-14-17-21-23(20-6-4-2)28(25,26)27;/h22-24H,3-21H2,1-2H3,(H,25,26,27);/q;+1/p-1. The molecule has 29 heavy (non-hydrogen) atoms. The minimum Gasteiger partial charge on any atom is -0.748 e.